The number of hydrogen-bond acceptors (Lipinski definition) is 9. The van der Waals surface area contributed by atoms with Crippen molar-refractivity contribution in [1.29, 1.82) is 0 Å². The first-order valence-electron chi connectivity index (χ1n) is 16.1. The second kappa shape index (κ2) is 17.4. The Kier molecular flexibility index (Phi) is 12.6. The number of carbonyl (C=O) groups is 4. The molecule has 4 amide bonds. The number of rotatable bonds is 15. The molecule has 0 aliphatic carbocycles. The van der Waals surface area contributed by atoms with E-state index in [2.05, 4.69) is 21.3 Å². The van der Waals surface area contributed by atoms with Crippen LogP contribution in [-0.2, 0) is 40.3 Å². The highest BCUT2D eigenvalue weighted by molar-refractivity contribution is 7.17. The minimum atomic E-state index is -1.12. The van der Waals surface area contributed by atoms with E-state index >= 15 is 0 Å². The summed E-state index contributed by atoms with van der Waals surface area (Å²) in [4.78, 5) is 52.7. The van der Waals surface area contributed by atoms with Gasteiger partial charge in [-0.05, 0) is 69.6 Å². The fraction of sp³-hybridized carbons (Fsp3) is 0.243. The van der Waals surface area contributed by atoms with Crippen molar-refractivity contribution in [1.82, 2.24) is 16.0 Å². The number of thiophene rings is 2. The second-order valence-corrected chi connectivity index (χ2v) is 13.2. The number of ether oxygens (including phenoxy) is 2. The van der Waals surface area contributed by atoms with Gasteiger partial charge < -0.3 is 36.5 Å². The number of hydrogen-bond donors (Lipinski definition) is 5. The maximum Gasteiger partial charge on any atom is 0.414 e. The van der Waals surface area contributed by atoms with Crippen LogP contribution in [-0.4, -0.2) is 42.5 Å². The lowest BCUT2D eigenvalue weighted by Crippen LogP contribution is -2.55. The molecule has 5 rings (SSSR count). The van der Waals surface area contributed by atoms with Crippen molar-refractivity contribution in [2.45, 2.75) is 51.9 Å². The molecule has 0 aliphatic heterocycles. The molecular formula is C37H39N5O6S2. The Morgan fingerprint density at radius 2 is 1.50 bits per heavy atom. The van der Waals surface area contributed by atoms with Crippen molar-refractivity contribution >= 4 is 62.3 Å². The normalized spacial score (nSPS) is 12.1. The second-order valence-electron chi connectivity index (χ2n) is 11.4. The highest BCUT2D eigenvalue weighted by atomic mass is 32.1. The summed E-state index contributed by atoms with van der Waals surface area (Å²) in [7, 11) is 0. The maximum atomic E-state index is 14.1. The molecule has 0 bridgehead atoms. The summed E-state index contributed by atoms with van der Waals surface area (Å²) in [5.41, 5.74) is 9.58. The lowest BCUT2D eigenvalue weighted by molar-refractivity contribution is -0.130. The molecule has 0 aliphatic rings. The number of fused-ring (bicyclic) bond motifs is 1. The van der Waals surface area contributed by atoms with E-state index in [0.29, 0.717) is 24.6 Å². The van der Waals surface area contributed by atoms with Crippen LogP contribution < -0.4 is 36.5 Å². The summed E-state index contributed by atoms with van der Waals surface area (Å²) >= 11 is 2.68. The van der Waals surface area contributed by atoms with Gasteiger partial charge in [0.15, 0.2) is 0 Å². The zero-order valence-corrected chi connectivity index (χ0v) is 29.3. The SMILES string of the molecule is CCOc1ccc(C[C@@H](NC(=O)Oc2sccc2NC(C)=O)C(=O)N[C@@H](Cc2csc3ccccc23)C(=O)NCc2ccc(CN)cc2)cc1. The van der Waals surface area contributed by atoms with Gasteiger partial charge in [0.25, 0.3) is 0 Å². The Morgan fingerprint density at radius 1 is 0.800 bits per heavy atom. The zero-order chi connectivity index (χ0) is 35.5. The molecule has 5 aromatic rings. The van der Waals surface area contributed by atoms with E-state index in [-0.39, 0.29) is 36.3 Å². The van der Waals surface area contributed by atoms with Crippen LogP contribution in [0.3, 0.4) is 0 Å². The van der Waals surface area contributed by atoms with Crippen molar-refractivity contribution < 1.29 is 28.7 Å². The first-order valence-corrected chi connectivity index (χ1v) is 17.8. The Hall–Kier alpha value is -5.24. The molecule has 2 heterocycles. The van der Waals surface area contributed by atoms with Crippen molar-refractivity contribution in [3.63, 3.8) is 0 Å². The van der Waals surface area contributed by atoms with E-state index in [4.69, 9.17) is 15.2 Å². The molecule has 50 heavy (non-hydrogen) atoms. The van der Waals surface area contributed by atoms with Gasteiger partial charge in [-0.1, -0.05) is 54.6 Å². The van der Waals surface area contributed by atoms with Gasteiger partial charge in [-0.15, -0.1) is 22.7 Å². The fourth-order valence-electron chi connectivity index (χ4n) is 5.24. The van der Waals surface area contributed by atoms with Crippen LogP contribution in [0.5, 0.6) is 10.8 Å². The number of nitrogens with two attached hydrogens (primary N) is 1. The van der Waals surface area contributed by atoms with E-state index in [0.717, 1.165) is 43.7 Å². The predicted octanol–water partition coefficient (Wildman–Crippen LogP) is 5.52. The minimum Gasteiger partial charge on any atom is -0.494 e. The average Bonchev–Trinajstić information content (AvgIpc) is 3.73. The molecule has 0 radical (unpaired) electrons. The summed E-state index contributed by atoms with van der Waals surface area (Å²) in [5, 5.41) is 16.0. The number of carbonyl (C=O) groups excluding carboxylic acids is 4. The Balaban J connectivity index is 1.37. The van der Waals surface area contributed by atoms with Crippen molar-refractivity contribution in [2.75, 3.05) is 11.9 Å². The summed E-state index contributed by atoms with van der Waals surface area (Å²) in [6, 6.07) is 22.2. The van der Waals surface area contributed by atoms with Gasteiger partial charge in [-0.25, -0.2) is 4.79 Å². The van der Waals surface area contributed by atoms with E-state index in [1.165, 1.54) is 6.92 Å². The van der Waals surface area contributed by atoms with Crippen LogP contribution in [0.4, 0.5) is 10.5 Å². The average molecular weight is 714 g/mol. The minimum absolute atomic E-state index is 0.0968. The van der Waals surface area contributed by atoms with Crippen LogP contribution in [0, 0.1) is 0 Å². The van der Waals surface area contributed by atoms with E-state index in [1.54, 1.807) is 34.9 Å². The molecule has 2 atom stereocenters. The summed E-state index contributed by atoms with van der Waals surface area (Å²) in [6.45, 7) is 4.40. The quantitative estimate of drug-likeness (QED) is 0.0955. The highest BCUT2D eigenvalue weighted by Crippen LogP contribution is 2.31. The van der Waals surface area contributed by atoms with Gasteiger partial charge in [0, 0.05) is 37.6 Å². The van der Waals surface area contributed by atoms with Crippen molar-refractivity contribution in [3.05, 3.63) is 112 Å². The summed E-state index contributed by atoms with van der Waals surface area (Å²) < 4.78 is 12.1. The number of amides is 4. The van der Waals surface area contributed by atoms with Gasteiger partial charge in [-0.3, -0.25) is 14.4 Å². The van der Waals surface area contributed by atoms with Crippen molar-refractivity contribution in [2.24, 2.45) is 5.73 Å². The number of nitrogens with one attached hydrogen (secondary N) is 4. The molecule has 13 heteroatoms. The zero-order valence-electron chi connectivity index (χ0n) is 27.7. The first kappa shape index (κ1) is 36.1. The monoisotopic (exact) mass is 713 g/mol. The topological polar surface area (TPSA) is 161 Å². The standard InChI is InChI=1S/C37H39N5O6S2/c1-3-47-28-14-12-24(13-15-28)18-31(42-37(46)48-36-30(16-17-49-36)40-23(2)43)35(45)41-32(19-27-22-50-33-7-5-4-6-29(27)33)34(44)39-21-26-10-8-25(20-38)9-11-26/h4-17,22,31-32H,3,18-21,38H2,1-2H3,(H,39,44)(H,40,43)(H,41,45)(H,42,46)/t31-,32+/m1/s1. The Labute approximate surface area is 298 Å². The van der Waals surface area contributed by atoms with Crippen molar-refractivity contribution in [3.8, 4) is 10.8 Å². The van der Waals surface area contributed by atoms with Gasteiger partial charge in [0.05, 0.1) is 12.3 Å². The fourth-order valence-corrected chi connectivity index (χ4v) is 6.92. The van der Waals surface area contributed by atoms with Crippen LogP contribution in [0.1, 0.15) is 36.1 Å². The molecule has 2 aromatic heterocycles. The molecule has 0 fully saturated rings. The summed E-state index contributed by atoms with van der Waals surface area (Å²) in [5.74, 6) is -0.601. The van der Waals surface area contributed by atoms with Crippen LogP contribution in [0.25, 0.3) is 10.1 Å². The molecule has 260 valence electrons. The molecule has 0 saturated heterocycles. The predicted molar refractivity (Wildman–Crippen MR) is 197 cm³/mol. The third-order valence-corrected chi connectivity index (χ3v) is 9.55. The Morgan fingerprint density at radius 3 is 2.22 bits per heavy atom. The third-order valence-electron chi connectivity index (χ3n) is 7.75. The molecule has 0 spiro atoms. The first-order chi connectivity index (χ1) is 24.2. The lowest BCUT2D eigenvalue weighted by atomic mass is 10.0. The number of benzene rings is 3. The molecule has 0 saturated carbocycles. The number of anilines is 1. The van der Waals surface area contributed by atoms with Gasteiger partial charge in [0.2, 0.25) is 22.8 Å². The van der Waals surface area contributed by atoms with E-state index in [1.807, 2.05) is 73.0 Å². The maximum absolute atomic E-state index is 14.1. The van der Waals surface area contributed by atoms with Gasteiger partial charge >= 0.3 is 6.09 Å². The van der Waals surface area contributed by atoms with Gasteiger partial charge in [0.1, 0.15) is 17.8 Å². The van der Waals surface area contributed by atoms with Crippen LogP contribution in [0.2, 0.25) is 0 Å². The molecule has 6 N–H and O–H groups in total. The largest absolute Gasteiger partial charge is 0.494 e. The van der Waals surface area contributed by atoms with Crippen LogP contribution >= 0.6 is 22.7 Å². The molecule has 3 aromatic carbocycles. The highest BCUT2D eigenvalue weighted by Gasteiger charge is 2.29. The molecular weight excluding hydrogens is 675 g/mol. The Bertz CT molecular complexity index is 1920. The van der Waals surface area contributed by atoms with Crippen LogP contribution in [0.15, 0.2) is 89.6 Å². The molecule has 0 unspecified atom stereocenters. The van der Waals surface area contributed by atoms with Gasteiger partial charge in [-0.2, -0.15) is 0 Å². The van der Waals surface area contributed by atoms with E-state index < -0.39 is 24.1 Å². The van der Waals surface area contributed by atoms with E-state index in [9.17, 15) is 19.2 Å². The third kappa shape index (κ3) is 9.91. The summed E-state index contributed by atoms with van der Waals surface area (Å²) in [6.07, 6.45) is -0.571. The molecule has 11 nitrogen and oxygen atoms in total. The lowest BCUT2D eigenvalue weighted by Gasteiger charge is -2.23. The smallest absolute Gasteiger partial charge is 0.414 e.